The van der Waals surface area contributed by atoms with Crippen molar-refractivity contribution in [1.29, 1.82) is 0 Å². The number of nitrogens with one attached hydrogen (secondary N) is 1. The molecule has 6 nitrogen and oxygen atoms in total. The fraction of sp³-hybridized carbons (Fsp3) is 0.200. The second kappa shape index (κ2) is 6.25. The Morgan fingerprint density at radius 2 is 2.00 bits per heavy atom. The van der Waals surface area contributed by atoms with Crippen LogP contribution in [-0.4, -0.2) is 29.5 Å². The standard InChI is InChI=1S/C15H16N4O2S/c20-22(21,18-8-3-10-19-11-9-16-12-19)14-6-1-4-13-5-2-7-17-15(13)14/h1-2,4-7,9,11-12,18H,3,8,10H2. The van der Waals surface area contributed by atoms with Gasteiger partial charge in [-0.1, -0.05) is 18.2 Å². The van der Waals surface area contributed by atoms with E-state index >= 15 is 0 Å². The molecule has 0 amide bonds. The summed E-state index contributed by atoms with van der Waals surface area (Å²) in [7, 11) is -3.57. The van der Waals surface area contributed by atoms with E-state index in [9.17, 15) is 8.42 Å². The zero-order chi connectivity index (χ0) is 15.4. The Balaban J connectivity index is 1.72. The van der Waals surface area contributed by atoms with Gasteiger partial charge in [0.1, 0.15) is 4.90 Å². The molecule has 0 aliphatic heterocycles. The van der Waals surface area contributed by atoms with E-state index in [2.05, 4.69) is 14.7 Å². The number of nitrogens with zero attached hydrogens (tertiary/aromatic N) is 3. The molecule has 22 heavy (non-hydrogen) atoms. The number of hydrogen-bond donors (Lipinski definition) is 1. The van der Waals surface area contributed by atoms with E-state index in [-0.39, 0.29) is 4.90 Å². The first-order chi connectivity index (χ1) is 10.7. The first-order valence-corrected chi connectivity index (χ1v) is 8.44. The SMILES string of the molecule is O=S(=O)(NCCCn1ccnc1)c1cccc2cccnc12. The van der Waals surface area contributed by atoms with Crippen LogP contribution in [0, 0.1) is 0 Å². The Morgan fingerprint density at radius 3 is 2.82 bits per heavy atom. The maximum atomic E-state index is 12.4. The van der Waals surface area contributed by atoms with Gasteiger partial charge in [-0.05, 0) is 18.6 Å². The Hall–Kier alpha value is -2.25. The van der Waals surface area contributed by atoms with Crippen LogP contribution >= 0.6 is 0 Å². The molecule has 0 aliphatic rings. The number of aryl methyl sites for hydroxylation is 1. The van der Waals surface area contributed by atoms with E-state index in [1.54, 1.807) is 36.9 Å². The van der Waals surface area contributed by atoms with Gasteiger partial charge in [-0.2, -0.15) is 0 Å². The van der Waals surface area contributed by atoms with Crippen LogP contribution in [0.2, 0.25) is 0 Å². The number of pyridine rings is 1. The molecule has 2 heterocycles. The predicted octanol–water partition coefficient (Wildman–Crippen LogP) is 1.80. The van der Waals surface area contributed by atoms with Gasteiger partial charge in [-0.3, -0.25) is 4.98 Å². The monoisotopic (exact) mass is 316 g/mol. The number of benzene rings is 1. The van der Waals surface area contributed by atoms with Gasteiger partial charge >= 0.3 is 0 Å². The minimum absolute atomic E-state index is 0.216. The first-order valence-electron chi connectivity index (χ1n) is 6.96. The zero-order valence-corrected chi connectivity index (χ0v) is 12.7. The maximum absolute atomic E-state index is 12.4. The number of hydrogen-bond acceptors (Lipinski definition) is 4. The average molecular weight is 316 g/mol. The van der Waals surface area contributed by atoms with E-state index in [0.717, 1.165) is 11.9 Å². The summed E-state index contributed by atoms with van der Waals surface area (Å²) in [5, 5.41) is 0.809. The van der Waals surface area contributed by atoms with Gasteiger partial charge in [0, 0.05) is 37.1 Å². The van der Waals surface area contributed by atoms with Gasteiger partial charge in [0.25, 0.3) is 0 Å². The van der Waals surface area contributed by atoms with Gasteiger partial charge in [0.2, 0.25) is 10.0 Å². The summed E-state index contributed by atoms with van der Waals surface area (Å²) < 4.78 is 29.4. The molecule has 1 aromatic carbocycles. The molecule has 0 fully saturated rings. The van der Waals surface area contributed by atoms with Gasteiger partial charge < -0.3 is 4.57 Å². The molecule has 0 saturated carbocycles. The Kier molecular flexibility index (Phi) is 4.17. The van der Waals surface area contributed by atoms with Crippen LogP contribution < -0.4 is 4.72 Å². The lowest BCUT2D eigenvalue weighted by atomic mass is 10.2. The molecule has 0 saturated heterocycles. The highest BCUT2D eigenvalue weighted by Crippen LogP contribution is 2.20. The van der Waals surface area contributed by atoms with E-state index in [1.807, 2.05) is 22.9 Å². The predicted molar refractivity (Wildman–Crippen MR) is 83.8 cm³/mol. The van der Waals surface area contributed by atoms with Crippen LogP contribution in [0.5, 0.6) is 0 Å². The normalized spacial score (nSPS) is 11.8. The molecule has 0 atom stereocenters. The summed E-state index contributed by atoms with van der Waals surface area (Å²) in [5.74, 6) is 0. The number of imidazole rings is 1. The van der Waals surface area contributed by atoms with Crippen molar-refractivity contribution in [2.24, 2.45) is 0 Å². The lowest BCUT2D eigenvalue weighted by Crippen LogP contribution is -2.25. The van der Waals surface area contributed by atoms with Crippen molar-refractivity contribution in [1.82, 2.24) is 19.3 Å². The van der Waals surface area contributed by atoms with Crippen molar-refractivity contribution < 1.29 is 8.42 Å². The highest BCUT2D eigenvalue weighted by Gasteiger charge is 2.17. The van der Waals surface area contributed by atoms with E-state index < -0.39 is 10.0 Å². The Bertz CT molecular complexity index is 855. The second-order valence-corrected chi connectivity index (χ2v) is 6.62. The van der Waals surface area contributed by atoms with Crippen LogP contribution in [0.25, 0.3) is 10.9 Å². The van der Waals surface area contributed by atoms with Gasteiger partial charge in [0.05, 0.1) is 11.8 Å². The van der Waals surface area contributed by atoms with E-state index in [4.69, 9.17) is 0 Å². The van der Waals surface area contributed by atoms with Gasteiger partial charge in [0.15, 0.2) is 0 Å². The van der Waals surface area contributed by atoms with Crippen molar-refractivity contribution in [2.75, 3.05) is 6.54 Å². The third-order valence-electron chi connectivity index (χ3n) is 3.33. The summed E-state index contributed by atoms with van der Waals surface area (Å²) in [6, 6.07) is 8.79. The molecule has 0 spiro atoms. The van der Waals surface area contributed by atoms with Crippen LogP contribution in [-0.2, 0) is 16.6 Å². The topological polar surface area (TPSA) is 76.9 Å². The van der Waals surface area contributed by atoms with E-state index in [1.165, 1.54) is 0 Å². The molecule has 1 N–H and O–H groups in total. The number of rotatable bonds is 6. The molecule has 2 aromatic heterocycles. The third-order valence-corrected chi connectivity index (χ3v) is 4.82. The van der Waals surface area contributed by atoms with Crippen LogP contribution in [0.4, 0.5) is 0 Å². The summed E-state index contributed by atoms with van der Waals surface area (Å²) in [5.41, 5.74) is 0.493. The minimum Gasteiger partial charge on any atom is -0.337 e. The van der Waals surface area contributed by atoms with Crippen LogP contribution in [0.15, 0.2) is 60.1 Å². The molecule has 114 valence electrons. The molecular weight excluding hydrogens is 300 g/mol. The van der Waals surface area contributed by atoms with Crippen molar-refractivity contribution in [2.45, 2.75) is 17.9 Å². The highest BCUT2D eigenvalue weighted by atomic mass is 32.2. The van der Waals surface area contributed by atoms with Gasteiger partial charge in [-0.15, -0.1) is 0 Å². The first kappa shape index (κ1) is 14.7. The molecule has 0 unspecified atom stereocenters. The molecule has 3 rings (SSSR count). The largest absolute Gasteiger partial charge is 0.337 e. The van der Waals surface area contributed by atoms with Crippen molar-refractivity contribution >= 4 is 20.9 Å². The molecule has 0 radical (unpaired) electrons. The average Bonchev–Trinajstić information content (AvgIpc) is 3.04. The van der Waals surface area contributed by atoms with Crippen molar-refractivity contribution in [3.05, 3.63) is 55.2 Å². The molecule has 7 heteroatoms. The molecule has 0 aliphatic carbocycles. The molecule has 0 bridgehead atoms. The summed E-state index contributed by atoms with van der Waals surface area (Å²) in [4.78, 5) is 8.35. The van der Waals surface area contributed by atoms with Gasteiger partial charge in [-0.25, -0.2) is 18.1 Å². The molecular formula is C15H16N4O2S. The Morgan fingerprint density at radius 1 is 1.14 bits per heavy atom. The molecule has 3 aromatic rings. The number of sulfonamides is 1. The van der Waals surface area contributed by atoms with Crippen LogP contribution in [0.3, 0.4) is 0 Å². The maximum Gasteiger partial charge on any atom is 0.242 e. The summed E-state index contributed by atoms with van der Waals surface area (Å²) in [6.07, 6.45) is 7.55. The fourth-order valence-electron chi connectivity index (χ4n) is 2.26. The lowest BCUT2D eigenvalue weighted by Gasteiger charge is -2.09. The quantitative estimate of drug-likeness (QED) is 0.704. The van der Waals surface area contributed by atoms with Crippen molar-refractivity contribution in [3.8, 4) is 0 Å². The van der Waals surface area contributed by atoms with Crippen LogP contribution in [0.1, 0.15) is 6.42 Å². The third kappa shape index (κ3) is 3.15. The zero-order valence-electron chi connectivity index (χ0n) is 11.9. The summed E-state index contributed by atoms with van der Waals surface area (Å²) in [6.45, 7) is 1.08. The second-order valence-electron chi connectivity index (χ2n) is 4.88. The van der Waals surface area contributed by atoms with E-state index in [0.29, 0.717) is 18.5 Å². The minimum atomic E-state index is -3.57. The summed E-state index contributed by atoms with van der Waals surface area (Å²) >= 11 is 0. The fourth-order valence-corrected chi connectivity index (χ4v) is 3.51. The number of para-hydroxylation sites is 1. The smallest absolute Gasteiger partial charge is 0.242 e. The number of fused-ring (bicyclic) bond motifs is 1. The lowest BCUT2D eigenvalue weighted by molar-refractivity contribution is 0.570. The van der Waals surface area contributed by atoms with Crippen molar-refractivity contribution in [3.63, 3.8) is 0 Å². The number of aromatic nitrogens is 3. The Labute approximate surface area is 128 Å². The highest BCUT2D eigenvalue weighted by molar-refractivity contribution is 7.89.